The Morgan fingerprint density at radius 3 is 1.00 bits per heavy atom. The van der Waals surface area contributed by atoms with E-state index < -0.39 is 42.1 Å². The molecular weight excluding hydrogens is 721 g/mol. The van der Waals surface area contributed by atoms with E-state index in [-0.39, 0.29) is 19.6 Å². The average molecular weight is 747 g/mol. The van der Waals surface area contributed by atoms with Crippen LogP contribution in [0.5, 0.6) is 0 Å². The number of carbonyl (C=O) groups excluding carboxylic acids is 2. The van der Waals surface area contributed by atoms with E-state index in [0.29, 0.717) is 44.3 Å². The Kier molecular flexibility index (Phi) is 9.24. The molecule has 0 heterocycles. The second-order valence-corrected chi connectivity index (χ2v) is 15.9. The lowest BCUT2D eigenvalue weighted by Gasteiger charge is -2.11. The number of hydrogen-bond donors (Lipinski definition) is 6. The molecule has 0 aliphatic heterocycles. The monoisotopic (exact) mass is 746 g/mol. The highest BCUT2D eigenvalue weighted by Gasteiger charge is 2.18. The van der Waals surface area contributed by atoms with E-state index in [1.807, 2.05) is 0 Å². The Morgan fingerprint density at radius 1 is 0.373 bits per heavy atom. The van der Waals surface area contributed by atoms with Crippen LogP contribution >= 0.6 is 0 Å². The van der Waals surface area contributed by atoms with Gasteiger partial charge in [-0.3, -0.25) is 9.11 Å². The molecule has 0 fully saturated rings. The first-order chi connectivity index (χ1) is 24.0. The third kappa shape index (κ3) is 8.14. The Hall–Kier alpha value is -5.85. The zero-order valence-electron chi connectivity index (χ0n) is 25.9. The summed E-state index contributed by atoms with van der Waals surface area (Å²) in [5, 5.41) is 12.8. The van der Waals surface area contributed by atoms with Crippen LogP contribution in [0.15, 0.2) is 141 Å². The zero-order chi connectivity index (χ0) is 36.6. The van der Waals surface area contributed by atoms with Gasteiger partial charge in [-0.1, -0.05) is 24.3 Å². The summed E-state index contributed by atoms with van der Waals surface area (Å²) >= 11 is 0. The van der Waals surface area contributed by atoms with Crippen LogP contribution in [0.4, 0.5) is 32.3 Å². The molecule has 0 bridgehead atoms. The second-order valence-electron chi connectivity index (χ2n) is 11.1. The first kappa shape index (κ1) is 35.0. The molecule has 0 saturated heterocycles. The molecular formula is C34H26N4O10S3. The Labute approximate surface area is 291 Å². The Balaban J connectivity index is 1.05. The highest BCUT2D eigenvalue weighted by Crippen LogP contribution is 2.26. The minimum atomic E-state index is -4.36. The van der Waals surface area contributed by atoms with Crippen molar-refractivity contribution < 1.29 is 43.9 Å². The summed E-state index contributed by atoms with van der Waals surface area (Å²) in [7, 11) is -12.7. The molecule has 6 aromatic carbocycles. The van der Waals surface area contributed by atoms with Gasteiger partial charge in [-0.15, -0.1) is 0 Å². The number of sulfone groups is 1. The van der Waals surface area contributed by atoms with Gasteiger partial charge in [0.25, 0.3) is 20.2 Å². The van der Waals surface area contributed by atoms with Crippen LogP contribution in [-0.4, -0.2) is 46.4 Å². The van der Waals surface area contributed by atoms with Gasteiger partial charge in [-0.25, -0.2) is 18.0 Å². The van der Waals surface area contributed by atoms with Crippen molar-refractivity contribution in [3.63, 3.8) is 0 Å². The maximum Gasteiger partial charge on any atom is 0.323 e. The summed E-state index contributed by atoms with van der Waals surface area (Å²) < 4.78 is 90.5. The minimum absolute atomic E-state index is 0.0364. The summed E-state index contributed by atoms with van der Waals surface area (Å²) in [4.78, 5) is 24.6. The van der Waals surface area contributed by atoms with Crippen molar-refractivity contribution in [2.75, 3.05) is 21.3 Å². The minimum Gasteiger partial charge on any atom is -0.308 e. The van der Waals surface area contributed by atoms with Gasteiger partial charge in [0.05, 0.1) is 19.6 Å². The summed E-state index contributed by atoms with van der Waals surface area (Å²) in [6.07, 6.45) is 0. The van der Waals surface area contributed by atoms with Crippen LogP contribution in [0.1, 0.15) is 0 Å². The second kappa shape index (κ2) is 13.5. The third-order valence-electron chi connectivity index (χ3n) is 7.58. The fourth-order valence-corrected chi connectivity index (χ4v) is 7.37. The van der Waals surface area contributed by atoms with Crippen LogP contribution in [0.3, 0.4) is 0 Å². The van der Waals surface area contributed by atoms with E-state index in [2.05, 4.69) is 21.3 Å². The van der Waals surface area contributed by atoms with Gasteiger partial charge >= 0.3 is 12.1 Å². The van der Waals surface area contributed by atoms with Gasteiger partial charge in [-0.05, 0) is 119 Å². The molecule has 0 radical (unpaired) electrons. The quantitative estimate of drug-likeness (QED) is 0.0914. The van der Waals surface area contributed by atoms with Crippen LogP contribution in [-0.2, 0) is 30.1 Å². The maximum atomic E-state index is 13.3. The summed E-state index contributed by atoms with van der Waals surface area (Å²) in [5.41, 5.74) is 1.43. The van der Waals surface area contributed by atoms with E-state index in [0.717, 1.165) is 0 Å². The number of rotatable bonds is 8. The topological polar surface area (TPSA) is 225 Å². The van der Waals surface area contributed by atoms with E-state index in [4.69, 9.17) is 0 Å². The van der Waals surface area contributed by atoms with E-state index in [9.17, 15) is 43.9 Å². The lowest BCUT2D eigenvalue weighted by Crippen LogP contribution is -2.19. The van der Waals surface area contributed by atoms with Crippen molar-refractivity contribution in [3.05, 3.63) is 121 Å². The number of amides is 4. The molecule has 51 heavy (non-hydrogen) atoms. The van der Waals surface area contributed by atoms with E-state index in [1.165, 1.54) is 84.9 Å². The molecule has 0 aliphatic rings. The first-order valence-corrected chi connectivity index (χ1v) is 19.0. The van der Waals surface area contributed by atoms with Gasteiger partial charge < -0.3 is 21.3 Å². The van der Waals surface area contributed by atoms with Crippen LogP contribution in [0.2, 0.25) is 0 Å². The molecule has 0 aliphatic carbocycles. The van der Waals surface area contributed by atoms with Crippen molar-refractivity contribution in [2.24, 2.45) is 0 Å². The first-order valence-electron chi connectivity index (χ1n) is 14.7. The molecule has 260 valence electrons. The van der Waals surface area contributed by atoms with Crippen molar-refractivity contribution in [1.82, 2.24) is 0 Å². The normalized spacial score (nSPS) is 12.0. The van der Waals surface area contributed by atoms with Gasteiger partial charge in [0.1, 0.15) is 0 Å². The average Bonchev–Trinajstić information content (AvgIpc) is 3.07. The Morgan fingerprint density at radius 2 is 0.647 bits per heavy atom. The molecule has 0 saturated carbocycles. The molecule has 6 aromatic rings. The molecule has 0 spiro atoms. The van der Waals surface area contributed by atoms with Crippen molar-refractivity contribution >= 4 is 86.4 Å². The highest BCUT2D eigenvalue weighted by atomic mass is 32.2. The number of fused-ring (bicyclic) bond motifs is 2. The smallest absolute Gasteiger partial charge is 0.308 e. The largest absolute Gasteiger partial charge is 0.323 e. The van der Waals surface area contributed by atoms with E-state index in [1.54, 1.807) is 36.4 Å². The van der Waals surface area contributed by atoms with E-state index >= 15 is 0 Å². The number of carbonyl (C=O) groups is 2. The number of anilines is 4. The number of urea groups is 2. The highest BCUT2D eigenvalue weighted by molar-refractivity contribution is 7.91. The molecule has 14 nitrogen and oxygen atoms in total. The lowest BCUT2D eigenvalue weighted by molar-refractivity contribution is 0.261. The number of benzene rings is 6. The Bertz CT molecular complexity index is 2500. The predicted octanol–water partition coefficient (Wildman–Crippen LogP) is 6.61. The summed E-state index contributed by atoms with van der Waals surface area (Å²) in [5.74, 6) is 0. The fourth-order valence-electron chi connectivity index (χ4n) is 5.08. The molecule has 6 N–H and O–H groups in total. The molecule has 4 amide bonds. The molecule has 0 atom stereocenters. The maximum absolute atomic E-state index is 13.3. The van der Waals surface area contributed by atoms with Crippen molar-refractivity contribution in [1.29, 1.82) is 0 Å². The number of nitrogens with one attached hydrogen (secondary N) is 4. The molecule has 0 aromatic heterocycles. The molecule has 17 heteroatoms. The van der Waals surface area contributed by atoms with Gasteiger partial charge in [0, 0.05) is 22.7 Å². The van der Waals surface area contributed by atoms with Gasteiger partial charge in [-0.2, -0.15) is 16.8 Å². The molecule has 6 rings (SSSR count). The van der Waals surface area contributed by atoms with Crippen LogP contribution in [0.25, 0.3) is 21.5 Å². The van der Waals surface area contributed by atoms with Gasteiger partial charge in [0.15, 0.2) is 0 Å². The fraction of sp³-hybridized carbons (Fsp3) is 0. The summed E-state index contributed by atoms with van der Waals surface area (Å²) in [6.45, 7) is 0. The SMILES string of the molecule is O=C(Nc1ccc(S(=O)(=O)c2ccc(NC(=O)Nc3ccc4cc(S(=O)(=O)O)ccc4c3)cc2)cc1)Nc1ccc2cc(S(=O)(=O)O)ccc2c1. The lowest BCUT2D eigenvalue weighted by atomic mass is 10.1. The third-order valence-corrected chi connectivity index (χ3v) is 11.1. The van der Waals surface area contributed by atoms with Crippen molar-refractivity contribution in [3.8, 4) is 0 Å². The van der Waals surface area contributed by atoms with Gasteiger partial charge in [0.2, 0.25) is 9.84 Å². The van der Waals surface area contributed by atoms with Crippen LogP contribution in [0, 0.1) is 0 Å². The zero-order valence-corrected chi connectivity index (χ0v) is 28.4. The van der Waals surface area contributed by atoms with Crippen LogP contribution < -0.4 is 21.3 Å². The van der Waals surface area contributed by atoms with Crippen molar-refractivity contribution in [2.45, 2.75) is 19.6 Å². The number of hydrogen-bond acceptors (Lipinski definition) is 8. The molecule has 0 unspecified atom stereocenters. The summed E-state index contributed by atoms with van der Waals surface area (Å²) in [6, 6.07) is 27.4. The predicted molar refractivity (Wildman–Crippen MR) is 191 cm³/mol. The standard InChI is InChI=1S/C34H26N4O10S3/c39-33(37-27-5-1-23-19-31(50(43,44)45)11-3-21(23)17-27)35-25-7-13-29(14-8-25)49(41,42)30-15-9-26(10-16-30)36-34(40)38-28-6-2-24-20-32(51(46,47)48)12-4-22(24)18-28/h1-20H,(H2,35,37,39)(H2,36,38,40)(H,43,44,45)(H,46,47,48).